The molecular formula is C31H46ClN3O3. The third kappa shape index (κ3) is 8.19. The quantitative estimate of drug-likeness (QED) is 0.268. The van der Waals surface area contributed by atoms with Crippen molar-refractivity contribution in [1.29, 1.82) is 0 Å². The summed E-state index contributed by atoms with van der Waals surface area (Å²) in [7, 11) is 3.62. The Morgan fingerprint density at radius 2 is 1.92 bits per heavy atom. The van der Waals surface area contributed by atoms with Crippen molar-refractivity contribution in [3.63, 3.8) is 0 Å². The third-order valence-electron chi connectivity index (χ3n) is 7.62. The summed E-state index contributed by atoms with van der Waals surface area (Å²) in [5, 5.41) is 19.7. The van der Waals surface area contributed by atoms with Crippen molar-refractivity contribution in [2.75, 3.05) is 40.4 Å². The number of hydrogen-bond acceptors (Lipinski definition) is 4. The Kier molecular flexibility index (Phi) is 11.9. The number of ether oxygens (including phenoxy) is 1. The van der Waals surface area contributed by atoms with Gasteiger partial charge in [-0.05, 0) is 80.3 Å². The minimum absolute atomic E-state index is 0.0386. The lowest BCUT2D eigenvalue weighted by atomic mass is 9.72. The normalized spacial score (nSPS) is 18.3. The molecule has 2 aromatic carbocycles. The van der Waals surface area contributed by atoms with E-state index in [0.717, 1.165) is 55.3 Å². The minimum Gasteiger partial charge on any atom is -0.385 e. The van der Waals surface area contributed by atoms with Crippen LogP contribution >= 0.6 is 11.6 Å². The van der Waals surface area contributed by atoms with E-state index in [1.165, 1.54) is 0 Å². The van der Waals surface area contributed by atoms with Crippen molar-refractivity contribution in [1.82, 2.24) is 15.5 Å². The second kappa shape index (κ2) is 14.9. The second-order valence-electron chi connectivity index (χ2n) is 11.0. The van der Waals surface area contributed by atoms with Crippen LogP contribution in [0.2, 0.25) is 5.02 Å². The standard InChI is InChI=1S/C31H46ClN3O3/c1-23(2)20-27(21-33-3)34-30(36)35-18-9-10-25(22-35)31(37,17-7-8-19-38-4)29-12-6-5-11-28(29)24-13-15-26(32)16-14-24/h5-6,11-16,23,25,27,33,37H,7-10,17-22H2,1-4H3,(H,34,36)/t25-,27+,31+/m1/s1. The molecule has 2 amide bonds. The zero-order chi connectivity index (χ0) is 27.5. The number of nitrogens with zero attached hydrogens (tertiary/aromatic N) is 1. The Balaban J connectivity index is 1.89. The molecule has 0 aliphatic carbocycles. The first kappa shape index (κ1) is 30.4. The molecule has 2 aromatic rings. The predicted molar refractivity (Wildman–Crippen MR) is 157 cm³/mol. The van der Waals surface area contributed by atoms with Crippen molar-refractivity contribution in [2.45, 2.75) is 64.0 Å². The molecule has 0 saturated carbocycles. The van der Waals surface area contributed by atoms with Crippen LogP contribution in [0, 0.1) is 11.8 Å². The average molecular weight is 544 g/mol. The van der Waals surface area contributed by atoms with E-state index >= 15 is 0 Å². The summed E-state index contributed by atoms with van der Waals surface area (Å²) in [5.41, 5.74) is 1.87. The van der Waals surface area contributed by atoms with E-state index in [1.54, 1.807) is 7.11 Å². The number of piperidine rings is 1. The van der Waals surface area contributed by atoms with E-state index in [9.17, 15) is 9.90 Å². The van der Waals surface area contributed by atoms with Gasteiger partial charge in [-0.1, -0.05) is 61.8 Å². The first-order chi connectivity index (χ1) is 18.3. The molecule has 3 N–H and O–H groups in total. The van der Waals surface area contributed by atoms with Crippen molar-refractivity contribution >= 4 is 17.6 Å². The van der Waals surface area contributed by atoms with E-state index < -0.39 is 5.60 Å². The van der Waals surface area contributed by atoms with Gasteiger partial charge >= 0.3 is 6.03 Å². The van der Waals surface area contributed by atoms with Gasteiger partial charge in [0.15, 0.2) is 0 Å². The Labute approximate surface area is 234 Å². The van der Waals surface area contributed by atoms with Crippen molar-refractivity contribution in [2.24, 2.45) is 11.8 Å². The fourth-order valence-corrected chi connectivity index (χ4v) is 5.89. The number of carbonyl (C=O) groups excluding carboxylic acids is 1. The van der Waals surface area contributed by atoms with E-state index in [2.05, 4.69) is 30.5 Å². The number of urea groups is 1. The Hall–Kier alpha value is -2.12. The molecule has 1 saturated heterocycles. The van der Waals surface area contributed by atoms with E-state index in [1.807, 2.05) is 54.4 Å². The van der Waals surface area contributed by atoms with Gasteiger partial charge in [-0.2, -0.15) is 0 Å². The highest BCUT2D eigenvalue weighted by molar-refractivity contribution is 6.30. The number of amides is 2. The number of rotatable bonds is 13. The predicted octanol–water partition coefficient (Wildman–Crippen LogP) is 6.07. The minimum atomic E-state index is -1.08. The van der Waals surface area contributed by atoms with Gasteiger partial charge in [-0.15, -0.1) is 0 Å². The van der Waals surface area contributed by atoms with Crippen molar-refractivity contribution in [3.05, 3.63) is 59.1 Å². The summed E-state index contributed by atoms with van der Waals surface area (Å²) in [5.74, 6) is 0.412. The molecule has 7 heteroatoms. The molecule has 0 radical (unpaired) electrons. The molecule has 1 fully saturated rings. The van der Waals surface area contributed by atoms with Crippen LogP contribution in [0.15, 0.2) is 48.5 Å². The third-order valence-corrected chi connectivity index (χ3v) is 7.88. The van der Waals surface area contributed by atoms with E-state index in [4.69, 9.17) is 16.3 Å². The van der Waals surface area contributed by atoms with Gasteiger partial charge in [0.2, 0.25) is 0 Å². The first-order valence-corrected chi connectivity index (χ1v) is 14.4. The van der Waals surface area contributed by atoms with Gasteiger partial charge < -0.3 is 25.4 Å². The van der Waals surface area contributed by atoms with Gasteiger partial charge in [0.05, 0.1) is 5.60 Å². The Morgan fingerprint density at radius 1 is 1.18 bits per heavy atom. The Morgan fingerprint density at radius 3 is 2.61 bits per heavy atom. The summed E-state index contributed by atoms with van der Waals surface area (Å²) >= 11 is 6.17. The maximum atomic E-state index is 13.4. The van der Waals surface area contributed by atoms with Gasteiger partial charge in [0.25, 0.3) is 0 Å². The zero-order valence-electron chi connectivity index (χ0n) is 23.5. The number of aliphatic hydroxyl groups is 1. The van der Waals surface area contributed by atoms with Crippen LogP contribution in [0.3, 0.4) is 0 Å². The summed E-state index contributed by atoms with van der Waals surface area (Å²) in [4.78, 5) is 15.3. The van der Waals surface area contributed by atoms with Gasteiger partial charge in [0.1, 0.15) is 0 Å². The van der Waals surface area contributed by atoms with Gasteiger partial charge in [-0.25, -0.2) is 4.79 Å². The number of carbonyl (C=O) groups is 1. The summed E-state index contributed by atoms with van der Waals surface area (Å²) in [6.45, 7) is 6.97. The molecule has 38 heavy (non-hydrogen) atoms. The lowest BCUT2D eigenvalue weighted by Gasteiger charge is -2.44. The van der Waals surface area contributed by atoms with Crippen LogP contribution < -0.4 is 10.6 Å². The van der Waals surface area contributed by atoms with E-state index in [0.29, 0.717) is 37.1 Å². The average Bonchev–Trinajstić information content (AvgIpc) is 2.91. The number of halogens is 1. The first-order valence-electron chi connectivity index (χ1n) is 14.0. The highest BCUT2D eigenvalue weighted by Crippen LogP contribution is 2.43. The zero-order valence-corrected chi connectivity index (χ0v) is 24.3. The molecule has 1 aliphatic rings. The van der Waals surface area contributed by atoms with Crippen LogP contribution in [0.25, 0.3) is 11.1 Å². The number of methoxy groups -OCH3 is 1. The summed E-state index contributed by atoms with van der Waals surface area (Å²) < 4.78 is 5.28. The van der Waals surface area contributed by atoms with E-state index in [-0.39, 0.29) is 18.0 Å². The van der Waals surface area contributed by atoms with Gasteiger partial charge in [-0.3, -0.25) is 0 Å². The molecule has 0 bridgehead atoms. The number of hydrogen-bond donors (Lipinski definition) is 3. The number of nitrogens with one attached hydrogen (secondary N) is 2. The molecule has 0 unspecified atom stereocenters. The SMILES string of the molecule is CNC[C@H](CC(C)C)NC(=O)N1CCC[C@@H]([C@@](O)(CCCCOC)c2ccccc2-c2ccc(Cl)cc2)C1. The maximum absolute atomic E-state index is 13.4. The molecule has 6 nitrogen and oxygen atoms in total. The molecule has 3 atom stereocenters. The largest absolute Gasteiger partial charge is 0.385 e. The van der Waals surface area contributed by atoms with Crippen molar-refractivity contribution in [3.8, 4) is 11.1 Å². The maximum Gasteiger partial charge on any atom is 0.317 e. The molecule has 0 aromatic heterocycles. The number of unbranched alkanes of at least 4 members (excludes halogenated alkanes) is 1. The number of benzene rings is 2. The van der Waals surface area contributed by atoms with Crippen LogP contribution in [-0.4, -0.2) is 62.5 Å². The van der Waals surface area contributed by atoms with Crippen LogP contribution in [-0.2, 0) is 10.3 Å². The second-order valence-corrected chi connectivity index (χ2v) is 11.5. The van der Waals surface area contributed by atoms with Crippen LogP contribution in [0.1, 0.15) is 57.9 Å². The molecule has 3 rings (SSSR count). The Bertz CT molecular complexity index is 1000. The van der Waals surface area contributed by atoms with Crippen LogP contribution in [0.4, 0.5) is 4.79 Å². The molecule has 0 spiro atoms. The summed E-state index contributed by atoms with van der Waals surface area (Å²) in [6.07, 6.45) is 4.97. The summed E-state index contributed by atoms with van der Waals surface area (Å²) in [6, 6.07) is 15.9. The van der Waals surface area contributed by atoms with Gasteiger partial charge in [0, 0.05) is 50.3 Å². The highest BCUT2D eigenvalue weighted by atomic mass is 35.5. The highest BCUT2D eigenvalue weighted by Gasteiger charge is 2.42. The lowest BCUT2D eigenvalue weighted by Crippen LogP contribution is -2.54. The fourth-order valence-electron chi connectivity index (χ4n) is 5.77. The molecular weight excluding hydrogens is 498 g/mol. The number of likely N-dealkylation sites (N-methyl/N-ethyl adjacent to an activating group) is 1. The topological polar surface area (TPSA) is 73.8 Å². The molecule has 210 valence electrons. The van der Waals surface area contributed by atoms with Crippen molar-refractivity contribution < 1.29 is 14.6 Å². The van der Waals surface area contributed by atoms with Crippen LogP contribution in [0.5, 0.6) is 0 Å². The monoisotopic (exact) mass is 543 g/mol. The fraction of sp³-hybridized carbons (Fsp3) is 0.581. The smallest absolute Gasteiger partial charge is 0.317 e. The molecule has 1 heterocycles. The molecule has 1 aliphatic heterocycles. The lowest BCUT2D eigenvalue weighted by molar-refractivity contribution is -0.0559. The number of likely N-dealkylation sites (tertiary alicyclic amines) is 1.